The molecule has 0 bridgehead atoms. The number of carbonyl (C=O) groups excluding carboxylic acids is 1. The van der Waals surface area contributed by atoms with Crippen LogP contribution >= 0.6 is 0 Å². The highest BCUT2D eigenvalue weighted by atomic mass is 16.5. The van der Waals surface area contributed by atoms with Crippen LogP contribution in [0.2, 0.25) is 0 Å². The van der Waals surface area contributed by atoms with Crippen molar-refractivity contribution in [2.24, 2.45) is 0 Å². The standard InChI is InChI=1S/C15H17NO2/c1-3-6-11(2)16-15(17)14-13-8-5-4-7-12(13)9-10-18-14/h1,4-5,7-8,11,14H,6,9-10H2,2H3,(H,16,17). The molecule has 0 radical (unpaired) electrons. The minimum atomic E-state index is -0.504. The summed E-state index contributed by atoms with van der Waals surface area (Å²) >= 11 is 0. The second kappa shape index (κ2) is 5.70. The Morgan fingerprint density at radius 3 is 3.17 bits per heavy atom. The Balaban J connectivity index is 2.11. The third kappa shape index (κ3) is 2.72. The van der Waals surface area contributed by atoms with Gasteiger partial charge in [0.25, 0.3) is 5.91 Å². The minimum Gasteiger partial charge on any atom is -0.363 e. The fraction of sp³-hybridized carbons (Fsp3) is 0.400. The SMILES string of the molecule is C#CCC(C)NC(=O)C1OCCc2ccccc21. The molecule has 0 aliphatic carbocycles. The second-order valence-electron chi connectivity index (χ2n) is 4.52. The van der Waals surface area contributed by atoms with Crippen LogP contribution in [0.4, 0.5) is 0 Å². The zero-order chi connectivity index (χ0) is 13.0. The molecule has 0 spiro atoms. The van der Waals surface area contributed by atoms with Gasteiger partial charge in [0.2, 0.25) is 0 Å². The van der Waals surface area contributed by atoms with Crippen molar-refractivity contribution >= 4 is 5.91 Å². The maximum absolute atomic E-state index is 12.1. The third-order valence-electron chi connectivity index (χ3n) is 3.04. The number of fused-ring (bicyclic) bond motifs is 1. The Morgan fingerprint density at radius 1 is 1.61 bits per heavy atom. The summed E-state index contributed by atoms with van der Waals surface area (Å²) in [4.78, 5) is 12.1. The average molecular weight is 243 g/mol. The maximum atomic E-state index is 12.1. The summed E-state index contributed by atoms with van der Waals surface area (Å²) in [5, 5.41) is 2.88. The molecule has 1 aliphatic rings. The highest BCUT2D eigenvalue weighted by Crippen LogP contribution is 2.27. The van der Waals surface area contributed by atoms with Gasteiger partial charge in [0, 0.05) is 12.5 Å². The highest BCUT2D eigenvalue weighted by molar-refractivity contribution is 5.83. The van der Waals surface area contributed by atoms with Crippen LogP contribution in [0.3, 0.4) is 0 Å². The normalized spacial score (nSPS) is 19.4. The van der Waals surface area contributed by atoms with Crippen LogP contribution in [-0.4, -0.2) is 18.6 Å². The van der Waals surface area contributed by atoms with E-state index in [1.54, 1.807) is 0 Å². The lowest BCUT2D eigenvalue weighted by atomic mass is 9.97. The van der Waals surface area contributed by atoms with E-state index in [1.807, 2.05) is 31.2 Å². The molecule has 94 valence electrons. The highest BCUT2D eigenvalue weighted by Gasteiger charge is 2.27. The van der Waals surface area contributed by atoms with E-state index in [0.29, 0.717) is 13.0 Å². The van der Waals surface area contributed by atoms with Gasteiger partial charge in [-0.2, -0.15) is 0 Å². The van der Waals surface area contributed by atoms with Gasteiger partial charge in [-0.1, -0.05) is 24.3 Å². The van der Waals surface area contributed by atoms with E-state index < -0.39 is 6.10 Å². The monoisotopic (exact) mass is 243 g/mol. The maximum Gasteiger partial charge on any atom is 0.254 e. The lowest BCUT2D eigenvalue weighted by Crippen LogP contribution is -2.38. The Kier molecular flexibility index (Phi) is 4.01. The van der Waals surface area contributed by atoms with Gasteiger partial charge in [0.15, 0.2) is 6.10 Å². The Labute approximate surface area is 108 Å². The van der Waals surface area contributed by atoms with Crippen molar-refractivity contribution in [3.8, 4) is 12.3 Å². The summed E-state index contributed by atoms with van der Waals surface area (Å²) in [5.74, 6) is 2.43. The van der Waals surface area contributed by atoms with E-state index >= 15 is 0 Å². The van der Waals surface area contributed by atoms with E-state index in [2.05, 4.69) is 11.2 Å². The summed E-state index contributed by atoms with van der Waals surface area (Å²) in [6.07, 6.45) is 6.11. The van der Waals surface area contributed by atoms with Crippen molar-refractivity contribution < 1.29 is 9.53 Å². The summed E-state index contributed by atoms with van der Waals surface area (Å²) < 4.78 is 5.58. The van der Waals surface area contributed by atoms with Crippen molar-refractivity contribution in [2.75, 3.05) is 6.61 Å². The minimum absolute atomic E-state index is 0.0276. The van der Waals surface area contributed by atoms with E-state index in [9.17, 15) is 4.79 Å². The number of amides is 1. The number of benzene rings is 1. The topological polar surface area (TPSA) is 38.3 Å². The number of ether oxygens (including phenoxy) is 1. The number of hydrogen-bond donors (Lipinski definition) is 1. The molecule has 3 heteroatoms. The summed E-state index contributed by atoms with van der Waals surface area (Å²) in [6.45, 7) is 2.48. The van der Waals surface area contributed by atoms with Gasteiger partial charge in [-0.3, -0.25) is 4.79 Å². The fourth-order valence-corrected chi connectivity index (χ4v) is 2.16. The molecule has 1 aliphatic heterocycles. The lowest BCUT2D eigenvalue weighted by molar-refractivity contribution is -0.134. The smallest absolute Gasteiger partial charge is 0.254 e. The van der Waals surface area contributed by atoms with Crippen molar-refractivity contribution in [3.63, 3.8) is 0 Å². The third-order valence-corrected chi connectivity index (χ3v) is 3.04. The lowest BCUT2D eigenvalue weighted by Gasteiger charge is -2.26. The van der Waals surface area contributed by atoms with Gasteiger partial charge in [0.05, 0.1) is 6.61 Å². The van der Waals surface area contributed by atoms with Crippen LogP contribution in [0.5, 0.6) is 0 Å². The Bertz CT molecular complexity index is 476. The molecule has 2 unspecified atom stereocenters. The van der Waals surface area contributed by atoms with Crippen LogP contribution in [0.15, 0.2) is 24.3 Å². The number of carbonyl (C=O) groups is 1. The average Bonchev–Trinajstić information content (AvgIpc) is 2.38. The van der Waals surface area contributed by atoms with Gasteiger partial charge in [-0.25, -0.2) is 0 Å². The molecule has 1 N–H and O–H groups in total. The van der Waals surface area contributed by atoms with Gasteiger partial charge in [-0.05, 0) is 24.5 Å². The first-order valence-corrected chi connectivity index (χ1v) is 6.15. The van der Waals surface area contributed by atoms with Gasteiger partial charge in [0.1, 0.15) is 0 Å². The molecular weight excluding hydrogens is 226 g/mol. The van der Waals surface area contributed by atoms with E-state index in [4.69, 9.17) is 11.2 Å². The van der Waals surface area contributed by atoms with Crippen molar-refractivity contribution in [1.29, 1.82) is 0 Å². The number of nitrogens with one attached hydrogen (secondary N) is 1. The van der Waals surface area contributed by atoms with Crippen LogP contribution in [0, 0.1) is 12.3 Å². The zero-order valence-corrected chi connectivity index (χ0v) is 10.5. The first-order valence-electron chi connectivity index (χ1n) is 6.15. The van der Waals surface area contributed by atoms with Crippen LogP contribution in [-0.2, 0) is 16.0 Å². The molecule has 3 nitrogen and oxygen atoms in total. The molecule has 2 rings (SSSR count). The molecule has 0 aromatic heterocycles. The van der Waals surface area contributed by atoms with E-state index in [0.717, 1.165) is 12.0 Å². The summed E-state index contributed by atoms with van der Waals surface area (Å²) in [7, 11) is 0. The number of hydrogen-bond acceptors (Lipinski definition) is 2. The zero-order valence-electron chi connectivity index (χ0n) is 10.5. The molecule has 1 amide bonds. The molecule has 1 aromatic carbocycles. The van der Waals surface area contributed by atoms with Crippen molar-refractivity contribution in [3.05, 3.63) is 35.4 Å². The van der Waals surface area contributed by atoms with Crippen LogP contribution in [0.25, 0.3) is 0 Å². The summed E-state index contributed by atoms with van der Waals surface area (Å²) in [6, 6.07) is 7.88. The predicted molar refractivity (Wildman–Crippen MR) is 69.9 cm³/mol. The number of rotatable bonds is 3. The first kappa shape index (κ1) is 12.7. The predicted octanol–water partition coefficient (Wildman–Crippen LogP) is 1.83. The first-order chi connectivity index (χ1) is 8.72. The molecule has 0 saturated heterocycles. The van der Waals surface area contributed by atoms with E-state index in [1.165, 1.54) is 5.56 Å². The van der Waals surface area contributed by atoms with Crippen LogP contribution in [0.1, 0.15) is 30.6 Å². The molecule has 1 aromatic rings. The molecule has 2 atom stereocenters. The van der Waals surface area contributed by atoms with E-state index in [-0.39, 0.29) is 11.9 Å². The van der Waals surface area contributed by atoms with Gasteiger partial charge < -0.3 is 10.1 Å². The second-order valence-corrected chi connectivity index (χ2v) is 4.52. The molecule has 0 fully saturated rings. The fourth-order valence-electron chi connectivity index (χ4n) is 2.16. The Morgan fingerprint density at radius 2 is 2.39 bits per heavy atom. The van der Waals surface area contributed by atoms with Gasteiger partial charge >= 0.3 is 0 Å². The van der Waals surface area contributed by atoms with Crippen LogP contribution < -0.4 is 5.32 Å². The number of terminal acetylenes is 1. The van der Waals surface area contributed by atoms with Gasteiger partial charge in [-0.15, -0.1) is 12.3 Å². The largest absolute Gasteiger partial charge is 0.363 e. The molecule has 18 heavy (non-hydrogen) atoms. The molecule has 0 saturated carbocycles. The Hall–Kier alpha value is -1.79. The van der Waals surface area contributed by atoms with Crippen molar-refractivity contribution in [1.82, 2.24) is 5.32 Å². The van der Waals surface area contributed by atoms with Crippen molar-refractivity contribution in [2.45, 2.75) is 31.9 Å². The molecule has 1 heterocycles. The quantitative estimate of drug-likeness (QED) is 0.822. The summed E-state index contributed by atoms with van der Waals surface area (Å²) in [5.41, 5.74) is 2.16. The molecular formula is C15H17NO2.